The highest BCUT2D eigenvalue weighted by Crippen LogP contribution is 2.56. The van der Waals surface area contributed by atoms with Crippen LogP contribution in [0.1, 0.15) is 13.8 Å². The lowest BCUT2D eigenvalue weighted by Gasteiger charge is -2.25. The Labute approximate surface area is 112 Å². The Hall–Kier alpha value is -0.940. The minimum atomic E-state index is -3.26. The van der Waals surface area contributed by atoms with Crippen LogP contribution in [0.4, 0.5) is 0 Å². The lowest BCUT2D eigenvalue weighted by atomic mass is 10.1. The first-order valence-corrected chi connectivity index (χ1v) is 7.93. The van der Waals surface area contributed by atoms with Crippen molar-refractivity contribution in [1.29, 1.82) is 0 Å². The Morgan fingerprint density at radius 3 is 2.22 bits per heavy atom. The largest absolute Gasteiger partial charge is 0.490 e. The van der Waals surface area contributed by atoms with E-state index in [0.717, 1.165) is 5.39 Å². The summed E-state index contributed by atoms with van der Waals surface area (Å²) in [6, 6.07) is 10.7. The minimum Gasteiger partial charge on any atom is -0.490 e. The summed E-state index contributed by atoms with van der Waals surface area (Å²) in [7, 11) is 2.39. The van der Waals surface area contributed by atoms with Crippen LogP contribution in [0.2, 0.25) is 0 Å². The maximum Gasteiger partial charge on any atom is 0.127 e. The van der Waals surface area contributed by atoms with Crippen molar-refractivity contribution < 1.29 is 13.8 Å². The van der Waals surface area contributed by atoms with Gasteiger partial charge in [-0.3, -0.25) is 9.11 Å². The molecule has 2 aromatic rings. The standard InChI is InChI=1S/C13H15ClO3S/c1-9(2)17-12-7-8-13(18(14,15)16)11-6-4-3-5-10(11)12/h3-9,15-16H,1-2H3. The van der Waals surface area contributed by atoms with Crippen LogP contribution in [0, 0.1) is 0 Å². The quantitative estimate of drug-likeness (QED) is 0.844. The van der Waals surface area contributed by atoms with E-state index in [-0.39, 0.29) is 6.10 Å². The van der Waals surface area contributed by atoms with Gasteiger partial charge in [0.15, 0.2) is 0 Å². The first-order valence-electron chi connectivity index (χ1n) is 5.56. The topological polar surface area (TPSA) is 49.7 Å². The monoisotopic (exact) mass is 286 g/mol. The van der Waals surface area contributed by atoms with Crippen LogP contribution in [-0.4, -0.2) is 15.2 Å². The van der Waals surface area contributed by atoms with E-state index in [0.29, 0.717) is 16.0 Å². The summed E-state index contributed by atoms with van der Waals surface area (Å²) in [6.45, 7) is 3.88. The third-order valence-electron chi connectivity index (χ3n) is 2.49. The Kier molecular flexibility index (Phi) is 3.73. The van der Waals surface area contributed by atoms with Crippen LogP contribution in [0.25, 0.3) is 10.8 Å². The number of rotatable bonds is 3. The summed E-state index contributed by atoms with van der Waals surface area (Å²) in [5, 5.41) is 1.52. The second-order valence-corrected chi connectivity index (χ2v) is 6.94. The zero-order valence-electron chi connectivity index (χ0n) is 10.1. The van der Waals surface area contributed by atoms with Gasteiger partial charge in [0.1, 0.15) is 5.75 Å². The van der Waals surface area contributed by atoms with Gasteiger partial charge in [0, 0.05) is 21.5 Å². The number of hydrogen-bond acceptors (Lipinski definition) is 3. The van der Waals surface area contributed by atoms with Crippen LogP contribution in [0.15, 0.2) is 41.3 Å². The Balaban J connectivity index is 2.66. The van der Waals surface area contributed by atoms with Crippen LogP contribution >= 0.6 is 20.5 Å². The van der Waals surface area contributed by atoms with Crippen molar-refractivity contribution in [1.82, 2.24) is 0 Å². The van der Waals surface area contributed by atoms with E-state index in [1.807, 2.05) is 32.0 Å². The second kappa shape index (κ2) is 4.97. The van der Waals surface area contributed by atoms with Gasteiger partial charge in [-0.05, 0) is 26.0 Å². The molecule has 0 amide bonds. The van der Waals surface area contributed by atoms with Crippen molar-refractivity contribution in [3.05, 3.63) is 36.4 Å². The molecule has 0 aliphatic heterocycles. The maximum absolute atomic E-state index is 9.62. The molecule has 0 aliphatic carbocycles. The number of ether oxygens (including phenoxy) is 1. The fraction of sp³-hybridized carbons (Fsp3) is 0.231. The molecule has 0 bridgehead atoms. The molecule has 2 aromatic carbocycles. The molecule has 0 unspecified atom stereocenters. The molecule has 2 N–H and O–H groups in total. The molecule has 0 fully saturated rings. The van der Waals surface area contributed by atoms with Gasteiger partial charge in [-0.15, -0.1) is 0 Å². The minimum absolute atomic E-state index is 0.0515. The van der Waals surface area contributed by atoms with Gasteiger partial charge in [-0.1, -0.05) is 34.1 Å². The van der Waals surface area contributed by atoms with Crippen LogP contribution in [-0.2, 0) is 0 Å². The number of halogens is 1. The van der Waals surface area contributed by atoms with E-state index in [1.165, 1.54) is 0 Å². The normalized spacial score (nSPS) is 13.0. The number of hydrogen-bond donors (Lipinski definition) is 2. The summed E-state index contributed by atoms with van der Waals surface area (Å²) >= 11 is 0. The molecule has 98 valence electrons. The van der Waals surface area contributed by atoms with Crippen molar-refractivity contribution in [2.75, 3.05) is 0 Å². The van der Waals surface area contributed by atoms with E-state index in [2.05, 4.69) is 0 Å². The molecule has 0 saturated heterocycles. The zero-order chi connectivity index (χ0) is 13.3. The zero-order valence-corrected chi connectivity index (χ0v) is 11.7. The predicted molar refractivity (Wildman–Crippen MR) is 76.7 cm³/mol. The van der Waals surface area contributed by atoms with Crippen molar-refractivity contribution in [2.24, 2.45) is 0 Å². The molecule has 0 heterocycles. The van der Waals surface area contributed by atoms with Gasteiger partial charge in [0.05, 0.1) is 11.0 Å². The molecule has 5 heteroatoms. The average Bonchev–Trinajstić information content (AvgIpc) is 2.27. The highest BCUT2D eigenvalue weighted by Gasteiger charge is 2.17. The molecule has 0 aromatic heterocycles. The summed E-state index contributed by atoms with van der Waals surface area (Å²) < 4.78 is 24.9. The van der Waals surface area contributed by atoms with E-state index in [4.69, 9.17) is 15.4 Å². The molecule has 0 aliphatic rings. The second-order valence-electron chi connectivity index (χ2n) is 4.25. The van der Waals surface area contributed by atoms with Crippen LogP contribution in [0.3, 0.4) is 0 Å². The van der Waals surface area contributed by atoms with Crippen molar-refractivity contribution in [3.63, 3.8) is 0 Å². The molecule has 2 rings (SSSR count). The number of benzene rings is 2. The lowest BCUT2D eigenvalue weighted by molar-refractivity contribution is 0.245. The predicted octanol–water partition coefficient (Wildman–Crippen LogP) is 4.89. The Morgan fingerprint density at radius 1 is 1.06 bits per heavy atom. The summed E-state index contributed by atoms with van der Waals surface area (Å²) in [6.07, 6.45) is 0.0515. The van der Waals surface area contributed by atoms with Gasteiger partial charge >= 0.3 is 0 Å². The van der Waals surface area contributed by atoms with Gasteiger partial charge < -0.3 is 4.74 Å². The summed E-state index contributed by atoms with van der Waals surface area (Å²) in [4.78, 5) is 0.330. The van der Waals surface area contributed by atoms with Crippen LogP contribution < -0.4 is 4.74 Å². The average molecular weight is 287 g/mol. The third kappa shape index (κ3) is 2.72. The van der Waals surface area contributed by atoms with E-state index in [1.54, 1.807) is 18.2 Å². The van der Waals surface area contributed by atoms with E-state index >= 15 is 0 Å². The smallest absolute Gasteiger partial charge is 0.127 e. The third-order valence-corrected chi connectivity index (χ3v) is 3.90. The highest BCUT2D eigenvalue weighted by atomic mass is 35.7. The number of fused-ring (bicyclic) bond motifs is 1. The van der Waals surface area contributed by atoms with Crippen molar-refractivity contribution in [2.45, 2.75) is 24.8 Å². The van der Waals surface area contributed by atoms with Gasteiger partial charge in [-0.25, -0.2) is 0 Å². The highest BCUT2D eigenvalue weighted by molar-refractivity contribution is 8.43. The SMILES string of the molecule is CC(C)Oc1ccc(S(O)(O)Cl)c2ccccc12. The van der Waals surface area contributed by atoms with Gasteiger partial charge in [0.25, 0.3) is 0 Å². The molecule has 0 atom stereocenters. The first-order chi connectivity index (χ1) is 8.39. The molecule has 3 nitrogen and oxygen atoms in total. The fourth-order valence-corrected chi connectivity index (χ4v) is 2.93. The van der Waals surface area contributed by atoms with Gasteiger partial charge in [0.2, 0.25) is 0 Å². The van der Waals surface area contributed by atoms with Crippen molar-refractivity contribution in [3.8, 4) is 5.75 Å². The van der Waals surface area contributed by atoms with Crippen LogP contribution in [0.5, 0.6) is 5.75 Å². The summed E-state index contributed by atoms with van der Waals surface area (Å²) in [5.74, 6) is 0.713. The molecule has 18 heavy (non-hydrogen) atoms. The fourth-order valence-electron chi connectivity index (χ4n) is 1.83. The maximum atomic E-state index is 9.62. The summed E-state index contributed by atoms with van der Waals surface area (Å²) in [5.41, 5.74) is 0. The Bertz CT molecular complexity index is 564. The van der Waals surface area contributed by atoms with Gasteiger partial charge in [-0.2, -0.15) is 0 Å². The van der Waals surface area contributed by atoms with Crippen molar-refractivity contribution >= 4 is 31.3 Å². The molecule has 0 saturated carbocycles. The molecular formula is C13H15ClO3S. The lowest BCUT2D eigenvalue weighted by Crippen LogP contribution is -2.06. The van der Waals surface area contributed by atoms with E-state index in [9.17, 15) is 9.11 Å². The molecule has 0 spiro atoms. The Morgan fingerprint density at radius 2 is 1.67 bits per heavy atom. The molecular weight excluding hydrogens is 272 g/mol. The molecule has 0 radical (unpaired) electrons. The first kappa shape index (κ1) is 13.5. The van der Waals surface area contributed by atoms with E-state index < -0.39 is 9.80 Å².